The second-order valence-electron chi connectivity index (χ2n) is 3.50. The second-order valence-corrected chi connectivity index (χ2v) is 3.50. The van der Waals surface area contributed by atoms with Crippen molar-refractivity contribution in [3.63, 3.8) is 0 Å². The van der Waals surface area contributed by atoms with Crippen molar-refractivity contribution in [2.45, 2.75) is 40.3 Å². The van der Waals surface area contributed by atoms with Crippen molar-refractivity contribution >= 4 is 6.08 Å². The largest absolute Gasteiger partial charge is 0.389 e. The minimum absolute atomic E-state index is 0.404. The Bertz CT molecular complexity index is 337. The van der Waals surface area contributed by atoms with Crippen LogP contribution in [-0.2, 0) is 6.54 Å². The molecule has 0 aliphatic heterocycles. The number of nitrogens with zero attached hydrogens (tertiary/aromatic N) is 2. The van der Waals surface area contributed by atoms with Crippen molar-refractivity contribution in [2.24, 2.45) is 0 Å². The van der Waals surface area contributed by atoms with Crippen LogP contribution in [0.3, 0.4) is 0 Å². The highest BCUT2D eigenvalue weighted by Gasteiger charge is 2.06. The Morgan fingerprint density at radius 2 is 2.14 bits per heavy atom. The topological polar surface area (TPSA) is 38.0 Å². The van der Waals surface area contributed by atoms with Gasteiger partial charge in [0.15, 0.2) is 0 Å². The number of rotatable bonds is 3. The molecular weight excluding hydrogens is 176 g/mol. The fourth-order valence-corrected chi connectivity index (χ4v) is 1.50. The quantitative estimate of drug-likeness (QED) is 0.798. The third-order valence-electron chi connectivity index (χ3n) is 2.28. The summed E-state index contributed by atoms with van der Waals surface area (Å²) < 4.78 is 1.97. The van der Waals surface area contributed by atoms with E-state index in [1.54, 1.807) is 13.0 Å². The Morgan fingerprint density at radius 1 is 1.50 bits per heavy atom. The molecule has 1 aromatic rings. The molecule has 0 saturated carbocycles. The Morgan fingerprint density at radius 3 is 2.57 bits per heavy atom. The third-order valence-corrected chi connectivity index (χ3v) is 2.28. The number of aromatic nitrogens is 2. The maximum Gasteiger partial charge on any atom is 0.0696 e. The number of hydrogen-bond acceptors (Lipinski definition) is 2. The van der Waals surface area contributed by atoms with Gasteiger partial charge in [0.1, 0.15) is 0 Å². The molecule has 0 fully saturated rings. The average Bonchev–Trinajstić information content (AvgIpc) is 2.39. The maximum atomic E-state index is 9.15. The van der Waals surface area contributed by atoms with Crippen molar-refractivity contribution in [1.29, 1.82) is 0 Å². The molecule has 0 aliphatic rings. The van der Waals surface area contributed by atoms with Crippen LogP contribution in [0, 0.1) is 13.8 Å². The van der Waals surface area contributed by atoms with Crippen LogP contribution in [0.2, 0.25) is 0 Å². The third kappa shape index (κ3) is 2.23. The summed E-state index contributed by atoms with van der Waals surface area (Å²) in [5.41, 5.74) is 3.29. The zero-order valence-corrected chi connectivity index (χ0v) is 9.28. The lowest BCUT2D eigenvalue weighted by Crippen LogP contribution is -1.98. The fraction of sp³-hybridized carbons (Fsp3) is 0.545. The number of aliphatic hydroxyl groups is 1. The van der Waals surface area contributed by atoms with Crippen molar-refractivity contribution in [2.75, 3.05) is 0 Å². The van der Waals surface area contributed by atoms with Gasteiger partial charge in [0.2, 0.25) is 0 Å². The fourth-order valence-electron chi connectivity index (χ4n) is 1.50. The average molecular weight is 194 g/mol. The van der Waals surface area contributed by atoms with Gasteiger partial charge < -0.3 is 5.11 Å². The minimum Gasteiger partial charge on any atom is -0.389 e. The molecule has 0 aliphatic carbocycles. The summed E-state index contributed by atoms with van der Waals surface area (Å²) in [6, 6.07) is 0. The molecule has 1 atom stereocenters. The van der Waals surface area contributed by atoms with Gasteiger partial charge in [0.05, 0.1) is 11.8 Å². The molecule has 1 rings (SSSR count). The molecule has 14 heavy (non-hydrogen) atoms. The molecule has 3 heteroatoms. The molecule has 1 aromatic heterocycles. The molecule has 78 valence electrons. The summed E-state index contributed by atoms with van der Waals surface area (Å²) in [6.45, 7) is 8.73. The lowest BCUT2D eigenvalue weighted by Gasteiger charge is -1.99. The number of aryl methyl sites for hydroxylation is 2. The van der Waals surface area contributed by atoms with Crippen LogP contribution in [0.4, 0.5) is 0 Å². The highest BCUT2D eigenvalue weighted by Crippen LogP contribution is 2.14. The Kier molecular flexibility index (Phi) is 3.47. The van der Waals surface area contributed by atoms with Gasteiger partial charge in [0, 0.05) is 17.8 Å². The summed E-state index contributed by atoms with van der Waals surface area (Å²) in [4.78, 5) is 0. The van der Waals surface area contributed by atoms with E-state index in [-0.39, 0.29) is 0 Å². The maximum absolute atomic E-state index is 9.15. The van der Waals surface area contributed by atoms with E-state index in [1.165, 1.54) is 0 Å². The molecule has 0 saturated heterocycles. The minimum atomic E-state index is -0.404. The second kappa shape index (κ2) is 4.42. The smallest absolute Gasteiger partial charge is 0.0696 e. The summed E-state index contributed by atoms with van der Waals surface area (Å²) in [5.74, 6) is 0. The highest BCUT2D eigenvalue weighted by atomic mass is 16.3. The first-order valence-corrected chi connectivity index (χ1v) is 4.96. The van der Waals surface area contributed by atoms with Crippen LogP contribution in [0.15, 0.2) is 6.08 Å². The van der Waals surface area contributed by atoms with Crippen molar-refractivity contribution in [3.8, 4) is 0 Å². The predicted molar refractivity (Wildman–Crippen MR) is 58.1 cm³/mol. The summed E-state index contributed by atoms with van der Waals surface area (Å²) >= 11 is 0. The van der Waals surface area contributed by atoms with E-state index in [9.17, 15) is 0 Å². The summed E-state index contributed by atoms with van der Waals surface area (Å²) in [5, 5.41) is 13.5. The molecule has 0 bridgehead atoms. The van der Waals surface area contributed by atoms with Gasteiger partial charge in [-0.15, -0.1) is 0 Å². The first kappa shape index (κ1) is 11.0. The molecule has 3 nitrogen and oxygen atoms in total. The molecule has 0 spiro atoms. The van der Waals surface area contributed by atoms with Gasteiger partial charge in [-0.1, -0.05) is 12.2 Å². The summed E-state index contributed by atoms with van der Waals surface area (Å²) in [7, 11) is 0. The van der Waals surface area contributed by atoms with Crippen LogP contribution in [0.1, 0.15) is 30.8 Å². The molecule has 0 aromatic carbocycles. The Hall–Kier alpha value is -1.09. The monoisotopic (exact) mass is 194 g/mol. The van der Waals surface area contributed by atoms with Gasteiger partial charge in [-0.05, 0) is 27.7 Å². The van der Waals surface area contributed by atoms with Crippen LogP contribution >= 0.6 is 0 Å². The Balaban J connectivity index is 3.02. The highest BCUT2D eigenvalue weighted by molar-refractivity contribution is 5.54. The van der Waals surface area contributed by atoms with Crippen molar-refractivity contribution in [1.82, 2.24) is 9.78 Å². The first-order valence-electron chi connectivity index (χ1n) is 4.96. The van der Waals surface area contributed by atoms with Crippen molar-refractivity contribution < 1.29 is 5.11 Å². The molecular formula is C11H18N2O. The molecule has 1 heterocycles. The van der Waals surface area contributed by atoms with E-state index in [1.807, 2.05) is 24.6 Å². The van der Waals surface area contributed by atoms with E-state index in [4.69, 9.17) is 5.11 Å². The van der Waals surface area contributed by atoms with Gasteiger partial charge in [-0.25, -0.2) is 0 Å². The normalized spacial score (nSPS) is 13.8. The standard InChI is InChI=1S/C11H18N2O/c1-5-13-10(4)11(9(3)12-13)7-6-8(2)14/h6-8,14H,5H2,1-4H3/b7-6+. The Labute approximate surface area is 85.1 Å². The lowest BCUT2D eigenvalue weighted by atomic mass is 10.1. The number of hydrogen-bond donors (Lipinski definition) is 1. The van der Waals surface area contributed by atoms with Crippen molar-refractivity contribution in [3.05, 3.63) is 23.0 Å². The van der Waals surface area contributed by atoms with Gasteiger partial charge in [-0.3, -0.25) is 4.68 Å². The zero-order chi connectivity index (χ0) is 10.7. The predicted octanol–water partition coefficient (Wildman–Crippen LogP) is 1.91. The van der Waals surface area contributed by atoms with E-state index in [0.29, 0.717) is 0 Å². The first-order chi connectivity index (χ1) is 6.56. The lowest BCUT2D eigenvalue weighted by molar-refractivity contribution is 0.245. The van der Waals surface area contributed by atoms with E-state index < -0.39 is 6.10 Å². The van der Waals surface area contributed by atoms with Crippen LogP contribution < -0.4 is 0 Å². The van der Waals surface area contributed by atoms with Gasteiger partial charge in [-0.2, -0.15) is 5.10 Å². The van der Waals surface area contributed by atoms with Gasteiger partial charge >= 0.3 is 0 Å². The van der Waals surface area contributed by atoms with Crippen LogP contribution in [-0.4, -0.2) is 21.0 Å². The molecule has 0 radical (unpaired) electrons. The zero-order valence-electron chi connectivity index (χ0n) is 9.28. The number of aliphatic hydroxyl groups excluding tert-OH is 1. The molecule has 0 amide bonds. The molecule has 1 N–H and O–H groups in total. The van der Waals surface area contributed by atoms with Crippen LogP contribution in [0.5, 0.6) is 0 Å². The SMILES string of the molecule is CCn1nc(C)c(/C=C/C(C)O)c1C. The summed E-state index contributed by atoms with van der Waals surface area (Å²) in [6.07, 6.45) is 3.31. The van der Waals surface area contributed by atoms with E-state index in [2.05, 4.69) is 12.0 Å². The van der Waals surface area contributed by atoms with Crippen LogP contribution in [0.25, 0.3) is 6.08 Å². The van der Waals surface area contributed by atoms with E-state index in [0.717, 1.165) is 23.5 Å². The molecule has 1 unspecified atom stereocenters. The van der Waals surface area contributed by atoms with E-state index >= 15 is 0 Å². The van der Waals surface area contributed by atoms with Gasteiger partial charge in [0.25, 0.3) is 0 Å².